The molecule has 0 bridgehead atoms. The van der Waals surface area contributed by atoms with Gasteiger partial charge in [-0.15, -0.1) is 0 Å². The summed E-state index contributed by atoms with van der Waals surface area (Å²) in [6, 6.07) is 7.69. The Balaban J connectivity index is 2.53. The normalized spacial score (nSPS) is 11.9. The van der Waals surface area contributed by atoms with Gasteiger partial charge in [-0.1, -0.05) is 30.3 Å². The lowest BCUT2D eigenvalue weighted by Gasteiger charge is -2.25. The lowest BCUT2D eigenvalue weighted by molar-refractivity contribution is -0.186. The standard InChI is InChI=1S/C16H25N3O5/c17-9-4-5-10-18-11-8-14(15(20)21)19(16(22)23)24-12-13-6-2-1-3-7-13/h1-3,6-7,14,18H,4-5,8-12,17H2,(H,20,21)(H,22,23). The molecule has 1 atom stereocenters. The smallest absolute Gasteiger partial charge is 0.432 e. The van der Waals surface area contributed by atoms with E-state index in [-0.39, 0.29) is 13.0 Å². The number of nitrogens with zero attached hydrogens (tertiary/aromatic N) is 1. The molecule has 0 spiro atoms. The fourth-order valence-electron chi connectivity index (χ4n) is 2.10. The lowest BCUT2D eigenvalue weighted by Crippen LogP contribution is -2.45. The van der Waals surface area contributed by atoms with Gasteiger partial charge in [-0.2, -0.15) is 5.06 Å². The van der Waals surface area contributed by atoms with Gasteiger partial charge in [-0.05, 0) is 44.5 Å². The van der Waals surface area contributed by atoms with Crippen molar-refractivity contribution in [3.8, 4) is 0 Å². The Kier molecular flexibility index (Phi) is 9.44. The first-order chi connectivity index (χ1) is 11.6. The fourth-order valence-corrected chi connectivity index (χ4v) is 2.10. The third-order valence-electron chi connectivity index (χ3n) is 3.37. The highest BCUT2D eigenvalue weighted by Gasteiger charge is 2.30. The number of carboxylic acid groups (broad SMARTS) is 2. The average molecular weight is 339 g/mol. The molecule has 0 aliphatic carbocycles. The van der Waals surface area contributed by atoms with Crippen molar-refractivity contribution in [1.29, 1.82) is 0 Å². The zero-order valence-electron chi connectivity index (χ0n) is 13.6. The van der Waals surface area contributed by atoms with E-state index >= 15 is 0 Å². The van der Waals surface area contributed by atoms with E-state index in [0.29, 0.717) is 24.7 Å². The zero-order chi connectivity index (χ0) is 17.8. The second-order valence-electron chi connectivity index (χ2n) is 5.26. The maximum absolute atomic E-state index is 11.4. The number of carboxylic acids is 1. The van der Waals surface area contributed by atoms with Gasteiger partial charge in [0.15, 0.2) is 6.04 Å². The average Bonchev–Trinajstić information content (AvgIpc) is 2.56. The number of hydrogen-bond donors (Lipinski definition) is 4. The number of nitrogens with two attached hydrogens (primary N) is 1. The minimum Gasteiger partial charge on any atom is -0.480 e. The second-order valence-corrected chi connectivity index (χ2v) is 5.26. The summed E-state index contributed by atoms with van der Waals surface area (Å²) in [6.07, 6.45) is 0.457. The van der Waals surface area contributed by atoms with Gasteiger partial charge in [-0.25, -0.2) is 9.59 Å². The molecular weight excluding hydrogens is 314 g/mol. The van der Waals surface area contributed by atoms with Crippen molar-refractivity contribution in [1.82, 2.24) is 10.4 Å². The van der Waals surface area contributed by atoms with Crippen LogP contribution >= 0.6 is 0 Å². The van der Waals surface area contributed by atoms with Crippen molar-refractivity contribution >= 4 is 12.1 Å². The van der Waals surface area contributed by atoms with Crippen LogP contribution in [-0.2, 0) is 16.2 Å². The molecule has 0 aliphatic heterocycles. The predicted octanol–water partition coefficient (Wildman–Crippen LogP) is 1.27. The van der Waals surface area contributed by atoms with Gasteiger partial charge >= 0.3 is 12.1 Å². The van der Waals surface area contributed by atoms with Crippen molar-refractivity contribution < 1.29 is 24.6 Å². The summed E-state index contributed by atoms with van der Waals surface area (Å²) < 4.78 is 0. The molecule has 0 aromatic heterocycles. The Bertz CT molecular complexity index is 498. The van der Waals surface area contributed by atoms with Gasteiger partial charge < -0.3 is 21.3 Å². The first kappa shape index (κ1) is 19.9. The molecule has 0 saturated heterocycles. The van der Waals surface area contributed by atoms with Crippen LogP contribution in [0.5, 0.6) is 0 Å². The van der Waals surface area contributed by atoms with Gasteiger partial charge in [0.2, 0.25) is 0 Å². The van der Waals surface area contributed by atoms with Crippen molar-refractivity contribution in [2.24, 2.45) is 5.73 Å². The molecule has 1 aromatic rings. The second kappa shape index (κ2) is 11.4. The first-order valence-corrected chi connectivity index (χ1v) is 7.89. The van der Waals surface area contributed by atoms with Gasteiger partial charge in [0.1, 0.15) is 6.61 Å². The SMILES string of the molecule is NCCCCNCCC(C(=O)O)N(OCc1ccccc1)C(=O)O. The first-order valence-electron chi connectivity index (χ1n) is 7.89. The van der Waals surface area contributed by atoms with Crippen molar-refractivity contribution in [2.75, 3.05) is 19.6 Å². The Labute approximate surface area is 141 Å². The minimum absolute atomic E-state index is 0.0130. The molecule has 0 heterocycles. The monoisotopic (exact) mass is 339 g/mol. The third-order valence-corrected chi connectivity index (χ3v) is 3.37. The fraction of sp³-hybridized carbons (Fsp3) is 0.500. The van der Waals surface area contributed by atoms with E-state index in [1.807, 2.05) is 6.07 Å². The number of aliphatic carboxylic acids is 1. The summed E-state index contributed by atoms with van der Waals surface area (Å²) in [5.41, 5.74) is 6.15. The van der Waals surface area contributed by atoms with Crippen molar-refractivity contribution in [3.63, 3.8) is 0 Å². The van der Waals surface area contributed by atoms with Crippen LogP contribution < -0.4 is 11.1 Å². The van der Waals surface area contributed by atoms with Crippen LogP contribution in [-0.4, -0.2) is 53.0 Å². The molecule has 24 heavy (non-hydrogen) atoms. The quantitative estimate of drug-likeness (QED) is 0.334. The van der Waals surface area contributed by atoms with E-state index in [0.717, 1.165) is 18.4 Å². The third kappa shape index (κ3) is 7.40. The largest absolute Gasteiger partial charge is 0.480 e. The van der Waals surface area contributed by atoms with Crippen molar-refractivity contribution in [2.45, 2.75) is 31.9 Å². The van der Waals surface area contributed by atoms with Crippen molar-refractivity contribution in [3.05, 3.63) is 35.9 Å². The van der Waals surface area contributed by atoms with E-state index in [9.17, 15) is 19.8 Å². The number of rotatable bonds is 12. The Morgan fingerprint density at radius 2 is 1.88 bits per heavy atom. The predicted molar refractivity (Wildman–Crippen MR) is 88.3 cm³/mol. The molecule has 1 aromatic carbocycles. The van der Waals surface area contributed by atoms with Crippen LogP contribution in [0.25, 0.3) is 0 Å². The molecule has 0 saturated carbocycles. The number of carbonyl (C=O) groups is 2. The van der Waals surface area contributed by atoms with Gasteiger partial charge in [0.25, 0.3) is 0 Å². The highest BCUT2D eigenvalue weighted by Crippen LogP contribution is 2.10. The molecule has 0 fully saturated rings. The van der Waals surface area contributed by atoms with Crippen LogP contribution in [0.15, 0.2) is 30.3 Å². The molecule has 8 heteroatoms. The summed E-state index contributed by atoms with van der Waals surface area (Å²) in [5, 5.41) is 22.1. The van der Waals surface area contributed by atoms with E-state index < -0.39 is 18.1 Å². The number of benzene rings is 1. The maximum Gasteiger partial charge on any atom is 0.432 e. The lowest BCUT2D eigenvalue weighted by atomic mass is 10.2. The maximum atomic E-state index is 11.4. The number of hydroxylamine groups is 2. The molecule has 134 valence electrons. The number of unbranched alkanes of at least 4 members (excludes halogenated alkanes) is 1. The van der Waals surface area contributed by atoms with E-state index in [1.54, 1.807) is 24.3 Å². The van der Waals surface area contributed by atoms with Gasteiger partial charge in [0.05, 0.1) is 0 Å². The Morgan fingerprint density at radius 1 is 1.17 bits per heavy atom. The van der Waals surface area contributed by atoms with E-state index in [2.05, 4.69) is 5.32 Å². The molecule has 0 radical (unpaired) electrons. The number of nitrogens with one attached hydrogen (secondary N) is 1. The zero-order valence-corrected chi connectivity index (χ0v) is 13.6. The molecule has 8 nitrogen and oxygen atoms in total. The molecule has 1 unspecified atom stereocenters. The highest BCUT2D eigenvalue weighted by molar-refractivity contribution is 5.78. The molecule has 1 amide bonds. The molecule has 0 aliphatic rings. The molecule has 1 rings (SSSR count). The van der Waals surface area contributed by atoms with Crippen LogP contribution in [0.3, 0.4) is 0 Å². The van der Waals surface area contributed by atoms with Crippen LogP contribution in [0.4, 0.5) is 4.79 Å². The Morgan fingerprint density at radius 3 is 2.46 bits per heavy atom. The van der Waals surface area contributed by atoms with E-state index in [4.69, 9.17) is 10.6 Å². The number of hydrogen-bond acceptors (Lipinski definition) is 5. The molecule has 5 N–H and O–H groups in total. The van der Waals surface area contributed by atoms with Crippen LogP contribution in [0, 0.1) is 0 Å². The van der Waals surface area contributed by atoms with Crippen LogP contribution in [0.1, 0.15) is 24.8 Å². The van der Waals surface area contributed by atoms with Gasteiger partial charge in [0, 0.05) is 0 Å². The van der Waals surface area contributed by atoms with Crippen LogP contribution in [0.2, 0.25) is 0 Å². The summed E-state index contributed by atoms with van der Waals surface area (Å²) >= 11 is 0. The Hall–Kier alpha value is -2.16. The summed E-state index contributed by atoms with van der Waals surface area (Å²) in [5.74, 6) is -1.24. The highest BCUT2D eigenvalue weighted by atomic mass is 16.7. The summed E-state index contributed by atoms with van der Waals surface area (Å²) in [7, 11) is 0. The topological polar surface area (TPSA) is 125 Å². The summed E-state index contributed by atoms with van der Waals surface area (Å²) in [4.78, 5) is 28.0. The van der Waals surface area contributed by atoms with E-state index in [1.165, 1.54) is 0 Å². The molecular formula is C16H25N3O5. The minimum atomic E-state index is -1.43. The van der Waals surface area contributed by atoms with Gasteiger partial charge in [-0.3, -0.25) is 4.84 Å². The number of amides is 1. The summed E-state index contributed by atoms with van der Waals surface area (Å²) in [6.45, 7) is 1.68.